The van der Waals surface area contributed by atoms with E-state index in [4.69, 9.17) is 0 Å². The van der Waals surface area contributed by atoms with Gasteiger partial charge in [-0.1, -0.05) is 25.1 Å². The molecular formula is C19H20F2N2O3. The van der Waals surface area contributed by atoms with Gasteiger partial charge in [-0.25, -0.2) is 13.6 Å². The number of nitrogens with zero attached hydrogens (tertiary/aromatic N) is 1. The zero-order valence-corrected chi connectivity index (χ0v) is 14.6. The fraction of sp³-hybridized carbons (Fsp3) is 0.263. The van der Waals surface area contributed by atoms with Crippen LogP contribution in [-0.4, -0.2) is 37.0 Å². The molecule has 0 saturated carbocycles. The molecule has 0 fully saturated rings. The van der Waals surface area contributed by atoms with E-state index in [9.17, 15) is 18.4 Å². The van der Waals surface area contributed by atoms with Gasteiger partial charge in [0.1, 0.15) is 17.3 Å². The molecule has 0 spiro atoms. The number of para-hydroxylation sites is 1. The molecule has 0 aromatic heterocycles. The lowest BCUT2D eigenvalue weighted by Crippen LogP contribution is -2.33. The summed E-state index contributed by atoms with van der Waals surface area (Å²) < 4.78 is 31.9. The van der Waals surface area contributed by atoms with Crippen LogP contribution in [0.25, 0.3) is 0 Å². The molecule has 2 aromatic carbocycles. The van der Waals surface area contributed by atoms with Crippen LogP contribution in [0.15, 0.2) is 42.5 Å². The molecule has 26 heavy (non-hydrogen) atoms. The lowest BCUT2D eigenvalue weighted by molar-refractivity contribution is -0.117. The Morgan fingerprint density at radius 1 is 1.12 bits per heavy atom. The Labute approximate surface area is 150 Å². The minimum atomic E-state index is -0.827. The van der Waals surface area contributed by atoms with Crippen LogP contribution in [0.4, 0.5) is 14.5 Å². The smallest absolute Gasteiger partial charge is 0.337 e. The van der Waals surface area contributed by atoms with Gasteiger partial charge in [0.2, 0.25) is 5.91 Å². The van der Waals surface area contributed by atoms with Crippen molar-refractivity contribution in [2.75, 3.05) is 25.5 Å². The number of ether oxygens (including phenoxy) is 1. The predicted molar refractivity (Wildman–Crippen MR) is 93.7 cm³/mol. The summed E-state index contributed by atoms with van der Waals surface area (Å²) in [5, 5.41) is 2.26. The highest BCUT2D eigenvalue weighted by Gasteiger charge is 2.15. The summed E-state index contributed by atoms with van der Waals surface area (Å²) in [6, 6.07) is 10.3. The second kappa shape index (κ2) is 9.05. The number of hydrogen-bond donors (Lipinski definition) is 1. The molecule has 0 bridgehead atoms. The molecule has 2 rings (SSSR count). The Morgan fingerprint density at radius 3 is 2.38 bits per heavy atom. The zero-order chi connectivity index (χ0) is 19.1. The molecule has 0 heterocycles. The number of likely N-dealkylation sites (N-methyl/N-ethyl adjacent to an activating group) is 1. The highest BCUT2D eigenvalue weighted by Crippen LogP contribution is 2.18. The minimum absolute atomic E-state index is 0.0489. The standard InChI is InChI=1S/C19H20F2N2O3/c1-3-23(11-13-6-4-7-14(10-13)19(25)26-2)12-17(24)22-18-15(20)8-5-9-16(18)21/h4-10H,3,11-12H2,1-2H3,(H,22,24). The van der Waals surface area contributed by atoms with Gasteiger partial charge in [-0.3, -0.25) is 9.69 Å². The first-order valence-electron chi connectivity index (χ1n) is 8.08. The highest BCUT2D eigenvalue weighted by atomic mass is 19.1. The molecule has 1 N–H and O–H groups in total. The monoisotopic (exact) mass is 362 g/mol. The Hall–Kier alpha value is -2.80. The Morgan fingerprint density at radius 2 is 1.77 bits per heavy atom. The van der Waals surface area contributed by atoms with E-state index in [-0.39, 0.29) is 6.54 Å². The lowest BCUT2D eigenvalue weighted by Gasteiger charge is -2.20. The van der Waals surface area contributed by atoms with Crippen molar-refractivity contribution in [3.8, 4) is 0 Å². The van der Waals surface area contributed by atoms with Gasteiger partial charge in [0.05, 0.1) is 19.2 Å². The van der Waals surface area contributed by atoms with Crippen LogP contribution < -0.4 is 5.32 Å². The summed E-state index contributed by atoms with van der Waals surface area (Å²) in [5.74, 6) is -2.62. The van der Waals surface area contributed by atoms with Crippen LogP contribution in [0.1, 0.15) is 22.8 Å². The van der Waals surface area contributed by atoms with Gasteiger partial charge >= 0.3 is 5.97 Å². The summed E-state index contributed by atoms with van der Waals surface area (Å²) in [7, 11) is 1.31. The topological polar surface area (TPSA) is 58.6 Å². The Bertz CT molecular complexity index is 776. The van der Waals surface area contributed by atoms with E-state index in [1.165, 1.54) is 13.2 Å². The van der Waals surface area contributed by atoms with E-state index in [1.807, 2.05) is 13.0 Å². The maximum atomic E-state index is 13.6. The van der Waals surface area contributed by atoms with Crippen LogP contribution >= 0.6 is 0 Å². The minimum Gasteiger partial charge on any atom is -0.465 e. The summed E-state index contributed by atoms with van der Waals surface area (Å²) >= 11 is 0. The maximum Gasteiger partial charge on any atom is 0.337 e. The molecule has 1 amide bonds. The molecule has 0 aliphatic carbocycles. The van der Waals surface area contributed by atoms with Crippen molar-refractivity contribution in [2.45, 2.75) is 13.5 Å². The third-order valence-corrected chi connectivity index (χ3v) is 3.80. The van der Waals surface area contributed by atoms with Crippen molar-refractivity contribution in [1.29, 1.82) is 0 Å². The van der Waals surface area contributed by atoms with Crippen LogP contribution in [0, 0.1) is 11.6 Å². The third-order valence-electron chi connectivity index (χ3n) is 3.80. The zero-order valence-electron chi connectivity index (χ0n) is 14.6. The van der Waals surface area contributed by atoms with Crippen molar-refractivity contribution in [3.63, 3.8) is 0 Å². The SMILES string of the molecule is CCN(CC(=O)Nc1c(F)cccc1F)Cc1cccc(C(=O)OC)c1. The van der Waals surface area contributed by atoms with E-state index in [2.05, 4.69) is 10.1 Å². The number of carbonyl (C=O) groups excluding carboxylic acids is 2. The molecule has 0 aliphatic rings. The number of methoxy groups -OCH3 is 1. The van der Waals surface area contributed by atoms with Gasteiger partial charge in [-0.15, -0.1) is 0 Å². The Kier molecular flexibility index (Phi) is 6.80. The molecule has 0 saturated heterocycles. The number of carbonyl (C=O) groups is 2. The third kappa shape index (κ3) is 5.10. The molecule has 0 radical (unpaired) electrons. The van der Waals surface area contributed by atoms with Crippen LogP contribution in [0.5, 0.6) is 0 Å². The molecule has 0 atom stereocenters. The number of nitrogens with one attached hydrogen (secondary N) is 1. The van der Waals surface area contributed by atoms with Crippen LogP contribution in [0.3, 0.4) is 0 Å². The molecule has 2 aromatic rings. The largest absolute Gasteiger partial charge is 0.465 e. The fourth-order valence-electron chi connectivity index (χ4n) is 2.45. The van der Waals surface area contributed by atoms with Crippen molar-refractivity contribution in [2.24, 2.45) is 0 Å². The van der Waals surface area contributed by atoms with E-state index in [1.54, 1.807) is 23.1 Å². The van der Waals surface area contributed by atoms with Crippen molar-refractivity contribution in [1.82, 2.24) is 4.90 Å². The van der Waals surface area contributed by atoms with E-state index >= 15 is 0 Å². The number of amides is 1. The predicted octanol–water partition coefficient (Wildman–Crippen LogP) is 3.21. The number of hydrogen-bond acceptors (Lipinski definition) is 4. The number of esters is 1. The van der Waals surface area contributed by atoms with E-state index in [0.717, 1.165) is 17.7 Å². The number of halogens is 2. The summed E-state index contributed by atoms with van der Waals surface area (Å²) in [4.78, 5) is 25.5. The first-order chi connectivity index (χ1) is 12.4. The van der Waals surface area contributed by atoms with Crippen molar-refractivity contribution >= 4 is 17.6 Å². The number of rotatable bonds is 7. The molecule has 5 nitrogen and oxygen atoms in total. The second-order valence-electron chi connectivity index (χ2n) is 5.64. The first kappa shape index (κ1) is 19.5. The molecule has 7 heteroatoms. The molecule has 138 valence electrons. The Balaban J connectivity index is 2.03. The van der Waals surface area contributed by atoms with Crippen LogP contribution in [-0.2, 0) is 16.1 Å². The van der Waals surface area contributed by atoms with Crippen LogP contribution in [0.2, 0.25) is 0 Å². The quantitative estimate of drug-likeness (QED) is 0.769. The molecule has 0 aliphatic heterocycles. The highest BCUT2D eigenvalue weighted by molar-refractivity contribution is 5.92. The van der Waals surface area contributed by atoms with E-state index in [0.29, 0.717) is 18.7 Å². The van der Waals surface area contributed by atoms with Gasteiger partial charge in [-0.2, -0.15) is 0 Å². The van der Waals surface area contributed by atoms with Gasteiger partial charge in [0, 0.05) is 6.54 Å². The molecule has 0 unspecified atom stereocenters. The van der Waals surface area contributed by atoms with Gasteiger partial charge in [0.15, 0.2) is 0 Å². The normalized spacial score (nSPS) is 10.7. The maximum absolute atomic E-state index is 13.6. The summed E-state index contributed by atoms with van der Waals surface area (Å²) in [5.41, 5.74) is 0.778. The van der Waals surface area contributed by atoms with E-state index < -0.39 is 29.2 Å². The van der Waals surface area contributed by atoms with Gasteiger partial charge in [-0.05, 0) is 36.4 Å². The van der Waals surface area contributed by atoms with Gasteiger partial charge < -0.3 is 10.1 Å². The fourth-order valence-corrected chi connectivity index (χ4v) is 2.45. The van der Waals surface area contributed by atoms with Crippen molar-refractivity contribution < 1.29 is 23.1 Å². The average molecular weight is 362 g/mol. The number of anilines is 1. The average Bonchev–Trinajstić information content (AvgIpc) is 2.63. The summed E-state index contributed by atoms with van der Waals surface area (Å²) in [6.07, 6.45) is 0. The van der Waals surface area contributed by atoms with Gasteiger partial charge in [0.25, 0.3) is 0 Å². The number of benzene rings is 2. The molecular weight excluding hydrogens is 342 g/mol. The van der Waals surface area contributed by atoms with Crippen molar-refractivity contribution in [3.05, 3.63) is 65.2 Å². The first-order valence-corrected chi connectivity index (χ1v) is 8.08. The lowest BCUT2D eigenvalue weighted by atomic mass is 10.1. The second-order valence-corrected chi connectivity index (χ2v) is 5.64. The summed E-state index contributed by atoms with van der Waals surface area (Å²) in [6.45, 7) is 2.75.